The highest BCUT2D eigenvalue weighted by molar-refractivity contribution is 6.04. The van der Waals surface area contributed by atoms with Gasteiger partial charge in [0, 0.05) is 24.1 Å². The number of hydrogen-bond donors (Lipinski definition) is 2. The average molecular weight is 345 g/mol. The molecule has 1 aliphatic carbocycles. The van der Waals surface area contributed by atoms with Gasteiger partial charge in [-0.2, -0.15) is 0 Å². The molecule has 5 nitrogen and oxygen atoms in total. The van der Waals surface area contributed by atoms with Crippen LogP contribution in [0.4, 0.5) is 11.4 Å². The van der Waals surface area contributed by atoms with E-state index >= 15 is 0 Å². The zero-order valence-corrected chi connectivity index (χ0v) is 14.2. The summed E-state index contributed by atoms with van der Waals surface area (Å²) in [4.78, 5) is 16.6. The summed E-state index contributed by atoms with van der Waals surface area (Å²) in [6.07, 6.45) is 5.66. The molecule has 0 atom stereocenters. The molecule has 1 saturated carbocycles. The lowest BCUT2D eigenvalue weighted by atomic mass is 10.2. The summed E-state index contributed by atoms with van der Waals surface area (Å²) >= 11 is 0. The number of pyridine rings is 1. The van der Waals surface area contributed by atoms with E-state index in [0.717, 1.165) is 11.4 Å². The number of amides is 1. The standard InChI is InChI=1S/C21H19N3O2/c25-21(15-12-18(14-22-13-15)23-16-6-7-16)24-17-8-10-20(11-9-17)26-19-4-2-1-3-5-19/h1-5,8-14,16,23H,6-7H2,(H,24,25). The molecule has 1 aromatic heterocycles. The Kier molecular flexibility index (Phi) is 4.51. The van der Waals surface area contributed by atoms with E-state index in [2.05, 4.69) is 15.6 Å². The summed E-state index contributed by atoms with van der Waals surface area (Å²) in [5.41, 5.74) is 2.11. The Morgan fingerprint density at radius 2 is 1.65 bits per heavy atom. The van der Waals surface area contributed by atoms with Gasteiger partial charge in [-0.25, -0.2) is 0 Å². The number of aromatic nitrogens is 1. The first-order chi connectivity index (χ1) is 12.8. The van der Waals surface area contributed by atoms with Crippen LogP contribution in [0.15, 0.2) is 73.1 Å². The van der Waals surface area contributed by atoms with Crippen molar-refractivity contribution in [2.45, 2.75) is 18.9 Å². The third-order valence-electron chi connectivity index (χ3n) is 4.04. The number of nitrogens with zero attached hydrogens (tertiary/aromatic N) is 1. The lowest BCUT2D eigenvalue weighted by molar-refractivity contribution is 0.102. The van der Waals surface area contributed by atoms with Crippen molar-refractivity contribution in [2.75, 3.05) is 10.6 Å². The van der Waals surface area contributed by atoms with E-state index in [-0.39, 0.29) is 5.91 Å². The summed E-state index contributed by atoms with van der Waals surface area (Å²) < 4.78 is 5.75. The van der Waals surface area contributed by atoms with Crippen molar-refractivity contribution in [3.05, 3.63) is 78.6 Å². The van der Waals surface area contributed by atoms with Crippen molar-refractivity contribution < 1.29 is 9.53 Å². The SMILES string of the molecule is O=C(Nc1ccc(Oc2ccccc2)cc1)c1cncc(NC2CC2)c1. The molecule has 0 spiro atoms. The summed E-state index contributed by atoms with van der Waals surface area (Å²) in [6, 6.07) is 19.2. The molecule has 0 aliphatic heterocycles. The van der Waals surface area contributed by atoms with Gasteiger partial charge in [-0.15, -0.1) is 0 Å². The minimum atomic E-state index is -0.186. The molecule has 130 valence electrons. The fraction of sp³-hybridized carbons (Fsp3) is 0.143. The number of carbonyl (C=O) groups is 1. The first kappa shape index (κ1) is 16.1. The van der Waals surface area contributed by atoms with Crippen molar-refractivity contribution >= 4 is 17.3 Å². The van der Waals surface area contributed by atoms with Gasteiger partial charge < -0.3 is 15.4 Å². The summed E-state index contributed by atoms with van der Waals surface area (Å²) in [6.45, 7) is 0. The topological polar surface area (TPSA) is 63.2 Å². The highest BCUT2D eigenvalue weighted by Gasteiger charge is 2.21. The number of carbonyl (C=O) groups excluding carboxylic acids is 1. The van der Waals surface area contributed by atoms with E-state index in [1.165, 1.54) is 12.8 Å². The van der Waals surface area contributed by atoms with E-state index in [1.54, 1.807) is 12.4 Å². The summed E-state index contributed by atoms with van der Waals surface area (Å²) in [5, 5.41) is 6.23. The van der Waals surface area contributed by atoms with Gasteiger partial charge >= 0.3 is 0 Å². The van der Waals surface area contributed by atoms with Crippen LogP contribution in [0.3, 0.4) is 0 Å². The Morgan fingerprint density at radius 1 is 0.923 bits per heavy atom. The molecule has 1 amide bonds. The van der Waals surface area contributed by atoms with Crippen molar-refractivity contribution in [2.24, 2.45) is 0 Å². The maximum Gasteiger partial charge on any atom is 0.257 e. The molecular weight excluding hydrogens is 326 g/mol. The lowest BCUT2D eigenvalue weighted by Crippen LogP contribution is -2.13. The van der Waals surface area contributed by atoms with Crippen molar-refractivity contribution in [1.29, 1.82) is 0 Å². The average Bonchev–Trinajstić information content (AvgIpc) is 3.48. The van der Waals surface area contributed by atoms with Gasteiger partial charge in [0.2, 0.25) is 0 Å². The molecule has 1 aliphatic rings. The summed E-state index contributed by atoms with van der Waals surface area (Å²) in [7, 11) is 0. The third-order valence-corrected chi connectivity index (χ3v) is 4.04. The van der Waals surface area contributed by atoms with Crippen molar-refractivity contribution in [1.82, 2.24) is 4.98 Å². The Morgan fingerprint density at radius 3 is 2.38 bits per heavy atom. The van der Waals surface area contributed by atoms with Gasteiger partial charge in [0.1, 0.15) is 11.5 Å². The molecule has 26 heavy (non-hydrogen) atoms. The first-order valence-electron chi connectivity index (χ1n) is 8.62. The smallest absolute Gasteiger partial charge is 0.257 e. The Bertz CT molecular complexity index is 891. The largest absolute Gasteiger partial charge is 0.457 e. The van der Waals surface area contributed by atoms with Gasteiger partial charge in [-0.1, -0.05) is 18.2 Å². The molecule has 4 rings (SSSR count). The number of nitrogens with one attached hydrogen (secondary N) is 2. The van der Waals surface area contributed by atoms with E-state index in [9.17, 15) is 4.79 Å². The molecule has 3 aromatic rings. The monoisotopic (exact) mass is 345 g/mol. The minimum absolute atomic E-state index is 0.186. The maximum atomic E-state index is 12.4. The van der Waals surface area contributed by atoms with Crippen LogP contribution in [0, 0.1) is 0 Å². The Balaban J connectivity index is 1.39. The number of benzene rings is 2. The van der Waals surface area contributed by atoms with E-state index in [4.69, 9.17) is 4.74 Å². The van der Waals surface area contributed by atoms with Crippen molar-refractivity contribution in [3.63, 3.8) is 0 Å². The van der Waals surface area contributed by atoms with Crippen LogP contribution in [-0.4, -0.2) is 16.9 Å². The third kappa shape index (κ3) is 4.19. The highest BCUT2D eigenvalue weighted by Crippen LogP contribution is 2.25. The van der Waals surface area contributed by atoms with Crippen LogP contribution in [0.1, 0.15) is 23.2 Å². The van der Waals surface area contributed by atoms with Gasteiger partial charge in [0.25, 0.3) is 5.91 Å². The highest BCUT2D eigenvalue weighted by atomic mass is 16.5. The van der Waals surface area contributed by atoms with Crippen LogP contribution in [-0.2, 0) is 0 Å². The maximum absolute atomic E-state index is 12.4. The van der Waals surface area contributed by atoms with Gasteiger partial charge in [0.05, 0.1) is 11.3 Å². The predicted octanol–water partition coefficient (Wildman–Crippen LogP) is 4.70. The second kappa shape index (κ2) is 7.27. The van der Waals surface area contributed by atoms with E-state index in [1.807, 2.05) is 60.7 Å². The number of rotatable bonds is 6. The number of para-hydroxylation sites is 1. The second-order valence-electron chi connectivity index (χ2n) is 6.27. The Labute approximate surface area is 152 Å². The van der Waals surface area contributed by atoms with Crippen LogP contribution < -0.4 is 15.4 Å². The molecule has 5 heteroatoms. The second-order valence-corrected chi connectivity index (χ2v) is 6.27. The molecule has 0 saturated heterocycles. The molecule has 2 N–H and O–H groups in total. The minimum Gasteiger partial charge on any atom is -0.457 e. The van der Waals surface area contributed by atoms with Crippen LogP contribution in [0.5, 0.6) is 11.5 Å². The molecule has 0 unspecified atom stereocenters. The number of anilines is 2. The molecule has 1 fully saturated rings. The normalized spacial score (nSPS) is 13.1. The van der Waals surface area contributed by atoms with Crippen molar-refractivity contribution in [3.8, 4) is 11.5 Å². The van der Waals surface area contributed by atoms with Crippen LogP contribution in [0.25, 0.3) is 0 Å². The van der Waals surface area contributed by atoms with Gasteiger partial charge in [0.15, 0.2) is 0 Å². The Hall–Kier alpha value is -3.34. The van der Waals surface area contributed by atoms with Crippen LogP contribution in [0.2, 0.25) is 0 Å². The molecule has 0 radical (unpaired) electrons. The summed E-state index contributed by atoms with van der Waals surface area (Å²) in [5.74, 6) is 1.30. The van der Waals surface area contributed by atoms with Gasteiger partial charge in [-0.05, 0) is 55.3 Å². The van der Waals surface area contributed by atoms with E-state index < -0.39 is 0 Å². The molecular formula is C21H19N3O2. The lowest BCUT2D eigenvalue weighted by Gasteiger charge is -2.09. The fourth-order valence-corrected chi connectivity index (χ4v) is 2.54. The molecule has 0 bridgehead atoms. The van der Waals surface area contributed by atoms with E-state index in [0.29, 0.717) is 23.0 Å². The zero-order chi connectivity index (χ0) is 17.8. The number of hydrogen-bond acceptors (Lipinski definition) is 4. The molecule has 1 heterocycles. The fourth-order valence-electron chi connectivity index (χ4n) is 2.54. The number of ether oxygens (including phenoxy) is 1. The zero-order valence-electron chi connectivity index (χ0n) is 14.2. The predicted molar refractivity (Wildman–Crippen MR) is 102 cm³/mol. The van der Waals surface area contributed by atoms with Crippen LogP contribution >= 0.6 is 0 Å². The quantitative estimate of drug-likeness (QED) is 0.680. The first-order valence-corrected chi connectivity index (χ1v) is 8.62. The molecule has 2 aromatic carbocycles. The van der Waals surface area contributed by atoms with Gasteiger partial charge in [-0.3, -0.25) is 9.78 Å².